The zero-order valence-corrected chi connectivity index (χ0v) is 12.5. The van der Waals surface area contributed by atoms with Crippen LogP contribution in [0.15, 0.2) is 24.3 Å². The van der Waals surface area contributed by atoms with Gasteiger partial charge >= 0.3 is 0 Å². The Balaban J connectivity index is 2.68. The van der Waals surface area contributed by atoms with Gasteiger partial charge in [-0.1, -0.05) is 37.6 Å². The second kappa shape index (κ2) is 5.81. The summed E-state index contributed by atoms with van der Waals surface area (Å²) in [6.07, 6.45) is 0. The Hall–Kier alpha value is -1.59. The van der Waals surface area contributed by atoms with Gasteiger partial charge in [0, 0.05) is 11.6 Å². The van der Waals surface area contributed by atoms with E-state index in [0.29, 0.717) is 16.4 Å². The number of hydrogen-bond donors (Lipinski definition) is 0. The van der Waals surface area contributed by atoms with Gasteiger partial charge in [0.25, 0.3) is 5.69 Å². The molecule has 0 saturated heterocycles. The fourth-order valence-electron chi connectivity index (χ4n) is 1.99. The monoisotopic (exact) mass is 313 g/mol. The minimum atomic E-state index is -0.456. The summed E-state index contributed by atoms with van der Waals surface area (Å²) in [6, 6.07) is 6.34. The van der Waals surface area contributed by atoms with Crippen LogP contribution in [0.4, 0.5) is 5.69 Å². The highest BCUT2D eigenvalue weighted by molar-refractivity contribution is 6.31. The topological polar surface area (TPSA) is 61.0 Å². The molecule has 0 aliphatic carbocycles. The molecular formula is C13H13Cl2N3O2. The number of hydrogen-bond acceptors (Lipinski definition) is 3. The average molecular weight is 314 g/mol. The summed E-state index contributed by atoms with van der Waals surface area (Å²) in [6.45, 7) is 3.94. The van der Waals surface area contributed by atoms with Crippen LogP contribution >= 0.6 is 23.2 Å². The third-order valence-electron chi connectivity index (χ3n) is 2.94. The third-order valence-corrected chi connectivity index (χ3v) is 3.59. The Kier molecular flexibility index (Phi) is 4.30. The highest BCUT2D eigenvalue weighted by Gasteiger charge is 2.23. The van der Waals surface area contributed by atoms with Crippen LogP contribution < -0.4 is 0 Å². The van der Waals surface area contributed by atoms with Crippen molar-refractivity contribution in [2.75, 3.05) is 0 Å². The molecule has 2 rings (SSSR count). The van der Waals surface area contributed by atoms with E-state index in [1.54, 1.807) is 18.2 Å². The summed E-state index contributed by atoms with van der Waals surface area (Å²) >= 11 is 12.2. The molecule has 0 radical (unpaired) electrons. The van der Waals surface area contributed by atoms with E-state index in [2.05, 4.69) is 5.10 Å². The molecule has 20 heavy (non-hydrogen) atoms. The van der Waals surface area contributed by atoms with Gasteiger partial charge in [-0.05, 0) is 12.0 Å². The van der Waals surface area contributed by atoms with Crippen LogP contribution in [0.5, 0.6) is 0 Å². The third kappa shape index (κ3) is 2.51. The molecule has 7 heteroatoms. The van der Waals surface area contributed by atoms with Gasteiger partial charge in [0.05, 0.1) is 16.5 Å². The lowest BCUT2D eigenvalue weighted by atomic mass is 10.1. The van der Waals surface area contributed by atoms with Crippen molar-refractivity contribution in [1.29, 1.82) is 0 Å². The Morgan fingerprint density at radius 3 is 2.55 bits per heavy atom. The number of rotatable bonds is 4. The van der Waals surface area contributed by atoms with Gasteiger partial charge in [-0.3, -0.25) is 10.1 Å². The van der Waals surface area contributed by atoms with Gasteiger partial charge < -0.3 is 0 Å². The van der Waals surface area contributed by atoms with Crippen LogP contribution in [0.3, 0.4) is 0 Å². The van der Waals surface area contributed by atoms with Gasteiger partial charge in [0.2, 0.25) is 0 Å². The largest absolute Gasteiger partial charge is 0.294 e. The van der Waals surface area contributed by atoms with E-state index < -0.39 is 4.92 Å². The predicted molar refractivity (Wildman–Crippen MR) is 78.9 cm³/mol. The van der Waals surface area contributed by atoms with Crippen molar-refractivity contribution < 1.29 is 4.92 Å². The van der Waals surface area contributed by atoms with Gasteiger partial charge in [-0.15, -0.1) is 11.6 Å². The minimum Gasteiger partial charge on any atom is -0.258 e. The molecule has 0 amide bonds. The SMILES string of the molecule is CC(C)c1nn(-c2ccccc2[N+](=O)[O-])c(Cl)c1CCl. The second-order valence-corrected chi connectivity index (χ2v) is 5.23. The normalized spacial score (nSPS) is 11.1. The van der Waals surface area contributed by atoms with Crippen LogP contribution in [-0.2, 0) is 5.88 Å². The molecule has 0 unspecified atom stereocenters. The first-order valence-electron chi connectivity index (χ1n) is 6.04. The molecule has 5 nitrogen and oxygen atoms in total. The van der Waals surface area contributed by atoms with Gasteiger partial charge in [0.1, 0.15) is 10.8 Å². The number of nitro groups is 1. The average Bonchev–Trinajstić information content (AvgIpc) is 2.75. The molecule has 106 valence electrons. The lowest BCUT2D eigenvalue weighted by molar-refractivity contribution is -0.384. The number of benzene rings is 1. The Morgan fingerprint density at radius 1 is 1.40 bits per heavy atom. The second-order valence-electron chi connectivity index (χ2n) is 4.60. The molecule has 2 aromatic rings. The van der Waals surface area contributed by atoms with Gasteiger partial charge in [-0.25, -0.2) is 4.68 Å². The zero-order valence-electron chi connectivity index (χ0n) is 11.0. The molecule has 0 aliphatic rings. The van der Waals surface area contributed by atoms with E-state index in [9.17, 15) is 10.1 Å². The molecule has 0 aliphatic heterocycles. The van der Waals surface area contributed by atoms with Gasteiger partial charge in [0.15, 0.2) is 0 Å². The molecule has 0 fully saturated rings. The molecular weight excluding hydrogens is 301 g/mol. The molecule has 1 heterocycles. The number of nitrogens with zero attached hydrogens (tertiary/aromatic N) is 3. The quantitative estimate of drug-likeness (QED) is 0.480. The van der Waals surface area contributed by atoms with Crippen LogP contribution in [0.2, 0.25) is 5.15 Å². The van der Waals surface area contributed by atoms with E-state index in [1.165, 1.54) is 10.7 Å². The van der Waals surface area contributed by atoms with Crippen LogP contribution in [0, 0.1) is 10.1 Å². The molecule has 0 bridgehead atoms. The van der Waals surface area contributed by atoms with Crippen molar-refractivity contribution in [1.82, 2.24) is 9.78 Å². The number of nitro benzene ring substituents is 1. The number of aromatic nitrogens is 2. The fraction of sp³-hybridized carbons (Fsp3) is 0.308. The zero-order chi connectivity index (χ0) is 14.9. The Labute approximate surface area is 126 Å². The first-order valence-corrected chi connectivity index (χ1v) is 6.95. The summed E-state index contributed by atoms with van der Waals surface area (Å²) in [5.74, 6) is 0.345. The van der Waals surface area contributed by atoms with E-state index >= 15 is 0 Å². The minimum absolute atomic E-state index is 0.0478. The first kappa shape index (κ1) is 14.8. The van der Waals surface area contributed by atoms with E-state index in [4.69, 9.17) is 23.2 Å². The van der Waals surface area contributed by atoms with Crippen LogP contribution in [-0.4, -0.2) is 14.7 Å². The lowest BCUT2D eigenvalue weighted by Gasteiger charge is -2.04. The fourth-order valence-corrected chi connectivity index (χ4v) is 2.61. The Bertz CT molecular complexity index is 653. The highest BCUT2D eigenvalue weighted by atomic mass is 35.5. The maximum absolute atomic E-state index is 11.1. The molecule has 0 spiro atoms. The molecule has 1 aromatic carbocycles. The summed E-state index contributed by atoms with van der Waals surface area (Å²) in [4.78, 5) is 10.6. The van der Waals surface area contributed by atoms with Crippen molar-refractivity contribution in [3.05, 3.63) is 50.8 Å². The molecule has 1 aromatic heterocycles. The molecule has 0 N–H and O–H groups in total. The summed E-state index contributed by atoms with van der Waals surface area (Å²) < 4.78 is 1.38. The predicted octanol–water partition coefficient (Wildman–Crippen LogP) is 4.30. The van der Waals surface area contributed by atoms with E-state index in [0.717, 1.165) is 5.69 Å². The number of alkyl halides is 1. The summed E-state index contributed by atoms with van der Waals surface area (Å²) in [7, 11) is 0. The molecule has 0 saturated carbocycles. The van der Waals surface area contributed by atoms with Crippen LogP contribution in [0.1, 0.15) is 31.0 Å². The summed E-state index contributed by atoms with van der Waals surface area (Å²) in [5, 5.41) is 15.8. The Morgan fingerprint density at radius 2 is 2.05 bits per heavy atom. The van der Waals surface area contributed by atoms with Crippen molar-refractivity contribution in [3.8, 4) is 5.69 Å². The molecule has 0 atom stereocenters. The highest BCUT2D eigenvalue weighted by Crippen LogP contribution is 2.32. The maximum atomic E-state index is 11.1. The number of para-hydroxylation sites is 2. The van der Waals surface area contributed by atoms with Crippen molar-refractivity contribution in [2.45, 2.75) is 25.6 Å². The van der Waals surface area contributed by atoms with Crippen molar-refractivity contribution in [2.24, 2.45) is 0 Å². The van der Waals surface area contributed by atoms with E-state index in [-0.39, 0.29) is 17.5 Å². The number of halogens is 2. The lowest BCUT2D eigenvalue weighted by Crippen LogP contribution is -2.02. The standard InChI is InChI=1S/C13H13Cl2N3O2/c1-8(2)12-9(7-14)13(15)17(16-12)10-5-3-4-6-11(10)18(19)20/h3-6,8H,7H2,1-2H3. The summed E-state index contributed by atoms with van der Waals surface area (Å²) in [5.41, 5.74) is 1.75. The smallest absolute Gasteiger partial charge is 0.258 e. The van der Waals surface area contributed by atoms with E-state index in [1.807, 2.05) is 13.8 Å². The van der Waals surface area contributed by atoms with Crippen molar-refractivity contribution in [3.63, 3.8) is 0 Å². The first-order chi connectivity index (χ1) is 9.47. The van der Waals surface area contributed by atoms with Crippen LogP contribution in [0.25, 0.3) is 5.69 Å². The van der Waals surface area contributed by atoms with Crippen molar-refractivity contribution >= 4 is 28.9 Å². The van der Waals surface area contributed by atoms with Gasteiger partial charge in [-0.2, -0.15) is 5.10 Å². The maximum Gasteiger partial charge on any atom is 0.294 e.